The van der Waals surface area contributed by atoms with E-state index in [1.807, 2.05) is 99.0 Å². The van der Waals surface area contributed by atoms with Crippen molar-refractivity contribution in [3.05, 3.63) is 103 Å². The van der Waals surface area contributed by atoms with Crippen LogP contribution in [0.1, 0.15) is 10.5 Å². The molecule has 0 saturated heterocycles. The standard InChI is InChI=1S/C30H28N6O2/c1-36(2)18-17-31-27-19-25(33-28(35-27)22-13-7-4-8-14-22)29(37)34-24-16-10-9-15-23(24)30-32-20-26(38-30)21-11-5-3-6-12-21/h3-16,19-20H,17-18H2,1-2H3,(H,34,37)(H,31,33,35). The molecule has 190 valence electrons. The Kier molecular flexibility index (Phi) is 7.52. The number of hydrogen-bond acceptors (Lipinski definition) is 7. The first kappa shape index (κ1) is 24.9. The zero-order valence-corrected chi connectivity index (χ0v) is 21.3. The summed E-state index contributed by atoms with van der Waals surface area (Å²) in [5, 5.41) is 6.29. The fourth-order valence-electron chi connectivity index (χ4n) is 3.88. The van der Waals surface area contributed by atoms with Crippen LogP contribution >= 0.6 is 0 Å². The van der Waals surface area contributed by atoms with Gasteiger partial charge in [-0.1, -0.05) is 72.8 Å². The Balaban J connectivity index is 1.43. The van der Waals surface area contributed by atoms with Crippen LogP contribution in [0.25, 0.3) is 34.2 Å². The smallest absolute Gasteiger partial charge is 0.274 e. The van der Waals surface area contributed by atoms with E-state index >= 15 is 0 Å². The average molecular weight is 505 g/mol. The van der Waals surface area contributed by atoms with Gasteiger partial charge in [0.05, 0.1) is 17.4 Å². The molecular formula is C30H28N6O2. The predicted molar refractivity (Wildman–Crippen MR) is 150 cm³/mol. The number of hydrogen-bond donors (Lipinski definition) is 2. The molecule has 0 atom stereocenters. The molecule has 8 nitrogen and oxygen atoms in total. The van der Waals surface area contributed by atoms with Crippen molar-refractivity contribution in [2.24, 2.45) is 0 Å². The van der Waals surface area contributed by atoms with Crippen LogP contribution < -0.4 is 10.6 Å². The molecule has 0 aliphatic carbocycles. The topological polar surface area (TPSA) is 96.2 Å². The van der Waals surface area contributed by atoms with Gasteiger partial charge in [-0.2, -0.15) is 0 Å². The van der Waals surface area contributed by atoms with Crippen molar-refractivity contribution < 1.29 is 9.21 Å². The Morgan fingerprint density at radius 3 is 2.29 bits per heavy atom. The summed E-state index contributed by atoms with van der Waals surface area (Å²) in [6.45, 7) is 1.50. The summed E-state index contributed by atoms with van der Waals surface area (Å²) in [7, 11) is 4.01. The third-order valence-electron chi connectivity index (χ3n) is 5.83. The van der Waals surface area contributed by atoms with E-state index in [1.54, 1.807) is 12.3 Å². The van der Waals surface area contributed by atoms with Gasteiger partial charge in [0.25, 0.3) is 5.91 Å². The second kappa shape index (κ2) is 11.5. The van der Waals surface area contributed by atoms with Gasteiger partial charge in [0.1, 0.15) is 11.5 Å². The quantitative estimate of drug-likeness (QED) is 0.266. The summed E-state index contributed by atoms with van der Waals surface area (Å²) in [4.78, 5) is 29.2. The molecule has 3 aromatic carbocycles. The van der Waals surface area contributed by atoms with Crippen molar-refractivity contribution in [2.75, 3.05) is 37.8 Å². The first-order chi connectivity index (χ1) is 18.6. The number of aromatic nitrogens is 3. The van der Waals surface area contributed by atoms with Gasteiger partial charge in [0.2, 0.25) is 5.89 Å². The molecule has 0 aliphatic heterocycles. The van der Waals surface area contributed by atoms with Gasteiger partial charge in [-0.3, -0.25) is 4.79 Å². The predicted octanol–water partition coefficient (Wildman–Crippen LogP) is 5.69. The molecule has 38 heavy (non-hydrogen) atoms. The number of para-hydroxylation sites is 1. The van der Waals surface area contributed by atoms with Gasteiger partial charge in [-0.05, 0) is 26.2 Å². The highest BCUT2D eigenvalue weighted by atomic mass is 16.4. The van der Waals surface area contributed by atoms with Crippen LogP contribution in [-0.4, -0.2) is 52.9 Å². The second-order valence-electron chi connectivity index (χ2n) is 8.95. The lowest BCUT2D eigenvalue weighted by atomic mass is 10.1. The van der Waals surface area contributed by atoms with Crippen LogP contribution in [0.3, 0.4) is 0 Å². The van der Waals surface area contributed by atoms with Crippen molar-refractivity contribution in [3.63, 3.8) is 0 Å². The number of carbonyl (C=O) groups is 1. The first-order valence-electron chi connectivity index (χ1n) is 12.3. The number of oxazole rings is 1. The minimum Gasteiger partial charge on any atom is -0.436 e. The van der Waals surface area contributed by atoms with Crippen LogP contribution in [0.4, 0.5) is 11.5 Å². The highest BCUT2D eigenvalue weighted by Gasteiger charge is 2.17. The van der Waals surface area contributed by atoms with Gasteiger partial charge < -0.3 is 20.0 Å². The van der Waals surface area contributed by atoms with Crippen molar-refractivity contribution in [3.8, 4) is 34.2 Å². The maximum Gasteiger partial charge on any atom is 0.274 e. The van der Waals surface area contributed by atoms with Gasteiger partial charge in [-0.15, -0.1) is 0 Å². The van der Waals surface area contributed by atoms with E-state index in [0.29, 0.717) is 41.1 Å². The maximum atomic E-state index is 13.5. The van der Waals surface area contributed by atoms with Crippen LogP contribution in [0.5, 0.6) is 0 Å². The molecule has 5 aromatic rings. The van der Waals surface area contributed by atoms with Crippen LogP contribution in [0, 0.1) is 0 Å². The largest absolute Gasteiger partial charge is 0.436 e. The normalized spacial score (nSPS) is 10.9. The van der Waals surface area contributed by atoms with Crippen LogP contribution in [0.15, 0.2) is 102 Å². The van der Waals surface area contributed by atoms with Gasteiger partial charge in [-0.25, -0.2) is 15.0 Å². The fourth-order valence-corrected chi connectivity index (χ4v) is 3.88. The highest BCUT2D eigenvalue weighted by Crippen LogP contribution is 2.31. The van der Waals surface area contributed by atoms with Crippen LogP contribution in [0.2, 0.25) is 0 Å². The highest BCUT2D eigenvalue weighted by molar-refractivity contribution is 6.05. The molecule has 0 fully saturated rings. The number of amides is 1. The molecule has 0 spiro atoms. The van der Waals surface area contributed by atoms with Crippen molar-refractivity contribution >= 4 is 17.4 Å². The molecule has 5 rings (SSSR count). The molecule has 0 unspecified atom stereocenters. The number of anilines is 2. The number of carbonyl (C=O) groups excluding carboxylic acids is 1. The minimum absolute atomic E-state index is 0.249. The summed E-state index contributed by atoms with van der Waals surface area (Å²) in [5.41, 5.74) is 3.24. The third kappa shape index (κ3) is 5.93. The zero-order chi connectivity index (χ0) is 26.3. The average Bonchev–Trinajstić information content (AvgIpc) is 3.44. The number of likely N-dealkylation sites (N-methyl/N-ethyl adjacent to an activating group) is 1. The first-order valence-corrected chi connectivity index (χ1v) is 12.3. The summed E-state index contributed by atoms with van der Waals surface area (Å²) in [5.74, 6) is 1.76. The van der Waals surface area contributed by atoms with E-state index in [0.717, 1.165) is 17.7 Å². The molecule has 0 bridgehead atoms. The lowest BCUT2D eigenvalue weighted by Crippen LogP contribution is -2.22. The molecule has 1 amide bonds. The summed E-state index contributed by atoms with van der Waals surface area (Å²) in [6, 6.07) is 28.4. The van der Waals surface area contributed by atoms with E-state index in [9.17, 15) is 4.79 Å². The van der Waals surface area contributed by atoms with E-state index in [2.05, 4.69) is 30.5 Å². The number of rotatable bonds is 9. The summed E-state index contributed by atoms with van der Waals surface area (Å²) >= 11 is 0. The Bertz CT molecular complexity index is 1520. The number of nitrogens with zero attached hydrogens (tertiary/aromatic N) is 4. The van der Waals surface area contributed by atoms with Crippen molar-refractivity contribution in [1.82, 2.24) is 19.9 Å². The number of benzene rings is 3. The molecule has 0 aliphatic rings. The van der Waals surface area contributed by atoms with Gasteiger partial charge in [0, 0.05) is 30.3 Å². The van der Waals surface area contributed by atoms with Gasteiger partial charge in [0.15, 0.2) is 11.6 Å². The Labute approximate surface area is 221 Å². The Hall–Kier alpha value is -4.82. The zero-order valence-electron chi connectivity index (χ0n) is 21.3. The molecule has 0 radical (unpaired) electrons. The van der Waals surface area contributed by atoms with E-state index < -0.39 is 0 Å². The van der Waals surface area contributed by atoms with E-state index in [4.69, 9.17) is 4.42 Å². The molecule has 8 heteroatoms. The van der Waals surface area contributed by atoms with E-state index in [1.165, 1.54) is 0 Å². The summed E-state index contributed by atoms with van der Waals surface area (Å²) in [6.07, 6.45) is 1.69. The van der Waals surface area contributed by atoms with Gasteiger partial charge >= 0.3 is 0 Å². The van der Waals surface area contributed by atoms with E-state index in [-0.39, 0.29) is 11.6 Å². The minimum atomic E-state index is -0.359. The SMILES string of the molecule is CN(C)CCNc1cc(C(=O)Nc2ccccc2-c2ncc(-c3ccccc3)o2)nc(-c2ccccc2)n1. The van der Waals surface area contributed by atoms with Crippen molar-refractivity contribution in [2.45, 2.75) is 0 Å². The fraction of sp³-hybridized carbons (Fsp3) is 0.133. The third-order valence-corrected chi connectivity index (χ3v) is 5.83. The lowest BCUT2D eigenvalue weighted by molar-refractivity contribution is 0.102. The molecule has 0 saturated carbocycles. The maximum absolute atomic E-state index is 13.5. The molecule has 2 heterocycles. The second-order valence-corrected chi connectivity index (χ2v) is 8.95. The molecule has 2 N–H and O–H groups in total. The summed E-state index contributed by atoms with van der Waals surface area (Å²) < 4.78 is 6.04. The Morgan fingerprint density at radius 2 is 1.55 bits per heavy atom. The monoisotopic (exact) mass is 504 g/mol. The van der Waals surface area contributed by atoms with Crippen LogP contribution in [-0.2, 0) is 0 Å². The number of nitrogens with one attached hydrogen (secondary N) is 2. The Morgan fingerprint density at radius 1 is 0.868 bits per heavy atom. The lowest BCUT2D eigenvalue weighted by Gasteiger charge is -2.13. The molecule has 2 aromatic heterocycles. The molecular weight excluding hydrogens is 476 g/mol. The van der Waals surface area contributed by atoms with Crippen molar-refractivity contribution in [1.29, 1.82) is 0 Å².